The van der Waals surface area contributed by atoms with Crippen LogP contribution in [0.25, 0.3) is 0 Å². The largest absolute Gasteiger partial charge is 0.0622 e. The van der Waals surface area contributed by atoms with Gasteiger partial charge in [0.2, 0.25) is 0 Å². The molecule has 0 aromatic rings. The molecule has 0 heteroatoms. The van der Waals surface area contributed by atoms with E-state index in [1.165, 1.54) is 25.7 Å². The van der Waals surface area contributed by atoms with E-state index in [1.807, 2.05) is 0 Å². The van der Waals surface area contributed by atoms with E-state index in [0.29, 0.717) is 0 Å². The van der Waals surface area contributed by atoms with Crippen molar-refractivity contribution in [2.75, 3.05) is 0 Å². The van der Waals surface area contributed by atoms with Crippen LogP contribution < -0.4 is 0 Å². The first kappa shape index (κ1) is 7.64. The molecule has 2 atom stereocenters. The Bertz CT molecular complexity index is 142. The van der Waals surface area contributed by atoms with Crippen LogP contribution in [-0.2, 0) is 0 Å². The van der Waals surface area contributed by atoms with Crippen LogP contribution >= 0.6 is 0 Å². The Kier molecular flexibility index (Phi) is 1.74. The summed E-state index contributed by atoms with van der Waals surface area (Å²) < 4.78 is 0. The van der Waals surface area contributed by atoms with Crippen molar-refractivity contribution in [1.29, 1.82) is 0 Å². The molecular weight excluding hydrogens is 132 g/mol. The minimum Gasteiger partial charge on any atom is -0.0622 e. The minimum atomic E-state index is 0.819. The van der Waals surface area contributed by atoms with Gasteiger partial charge in [-0.3, -0.25) is 0 Å². The van der Waals surface area contributed by atoms with E-state index < -0.39 is 0 Å². The van der Waals surface area contributed by atoms with Crippen molar-refractivity contribution in [2.24, 2.45) is 17.3 Å². The SMILES string of the molecule is C[C@H]1CCC2(CCCC2)[C@H]1C. The molecule has 0 nitrogen and oxygen atoms in total. The van der Waals surface area contributed by atoms with Gasteiger partial charge >= 0.3 is 0 Å². The first-order valence-corrected chi connectivity index (χ1v) is 5.25. The Labute approximate surface area is 70.4 Å². The molecule has 0 amide bonds. The maximum atomic E-state index is 2.49. The van der Waals surface area contributed by atoms with Crippen molar-refractivity contribution in [1.82, 2.24) is 0 Å². The van der Waals surface area contributed by atoms with Gasteiger partial charge in [0, 0.05) is 0 Å². The predicted octanol–water partition coefficient (Wildman–Crippen LogP) is 3.61. The molecular formula is C11H20. The summed E-state index contributed by atoms with van der Waals surface area (Å²) in [6.07, 6.45) is 9.14. The lowest BCUT2D eigenvalue weighted by atomic mass is 9.75. The Balaban J connectivity index is 2.13. The monoisotopic (exact) mass is 152 g/mol. The second-order valence-electron chi connectivity index (χ2n) is 4.87. The first-order valence-electron chi connectivity index (χ1n) is 5.25. The van der Waals surface area contributed by atoms with Crippen LogP contribution in [0.5, 0.6) is 0 Å². The molecule has 64 valence electrons. The molecule has 0 radical (unpaired) electrons. The van der Waals surface area contributed by atoms with Gasteiger partial charge in [-0.25, -0.2) is 0 Å². The van der Waals surface area contributed by atoms with Crippen LogP contribution in [0.4, 0.5) is 0 Å². The normalized spacial score (nSPS) is 42.0. The molecule has 0 saturated heterocycles. The molecule has 0 heterocycles. The third-order valence-electron chi connectivity index (χ3n) is 4.52. The lowest BCUT2D eigenvalue weighted by Crippen LogP contribution is -2.21. The van der Waals surface area contributed by atoms with E-state index >= 15 is 0 Å². The van der Waals surface area contributed by atoms with Crippen molar-refractivity contribution in [2.45, 2.75) is 52.4 Å². The molecule has 1 spiro atoms. The molecule has 2 aliphatic carbocycles. The van der Waals surface area contributed by atoms with Gasteiger partial charge in [-0.05, 0) is 42.9 Å². The van der Waals surface area contributed by atoms with Gasteiger partial charge in [-0.1, -0.05) is 26.7 Å². The quantitative estimate of drug-likeness (QED) is 0.497. The topological polar surface area (TPSA) is 0 Å². The van der Waals surface area contributed by atoms with E-state index in [1.54, 1.807) is 12.8 Å². The van der Waals surface area contributed by atoms with E-state index in [2.05, 4.69) is 13.8 Å². The Hall–Kier alpha value is 0. The summed E-state index contributed by atoms with van der Waals surface area (Å²) in [5, 5.41) is 0. The van der Waals surface area contributed by atoms with Crippen LogP contribution in [0.2, 0.25) is 0 Å². The Morgan fingerprint density at radius 3 is 2.09 bits per heavy atom. The van der Waals surface area contributed by atoms with Crippen molar-refractivity contribution in [3.05, 3.63) is 0 Å². The van der Waals surface area contributed by atoms with Crippen LogP contribution in [0, 0.1) is 17.3 Å². The zero-order chi connectivity index (χ0) is 7.90. The Morgan fingerprint density at radius 1 is 1.00 bits per heavy atom. The molecule has 0 aromatic carbocycles. The van der Waals surface area contributed by atoms with Crippen LogP contribution in [-0.4, -0.2) is 0 Å². The molecule has 0 unspecified atom stereocenters. The second-order valence-corrected chi connectivity index (χ2v) is 4.87. The summed E-state index contributed by atoms with van der Waals surface area (Å²) in [6.45, 7) is 4.93. The molecule has 2 rings (SSSR count). The molecule has 2 aliphatic rings. The zero-order valence-corrected chi connectivity index (χ0v) is 7.90. The van der Waals surface area contributed by atoms with Gasteiger partial charge in [0.1, 0.15) is 0 Å². The van der Waals surface area contributed by atoms with Gasteiger partial charge < -0.3 is 0 Å². The van der Waals surface area contributed by atoms with Crippen molar-refractivity contribution in [3.8, 4) is 0 Å². The van der Waals surface area contributed by atoms with Crippen molar-refractivity contribution < 1.29 is 0 Å². The van der Waals surface area contributed by atoms with E-state index in [0.717, 1.165) is 17.3 Å². The molecule has 0 N–H and O–H groups in total. The average molecular weight is 152 g/mol. The molecule has 0 aliphatic heterocycles. The predicted molar refractivity (Wildman–Crippen MR) is 48.5 cm³/mol. The fourth-order valence-electron chi connectivity index (χ4n) is 3.38. The van der Waals surface area contributed by atoms with Crippen LogP contribution in [0.3, 0.4) is 0 Å². The molecule has 2 fully saturated rings. The van der Waals surface area contributed by atoms with Gasteiger partial charge in [-0.15, -0.1) is 0 Å². The summed E-state index contributed by atoms with van der Waals surface area (Å²) in [7, 11) is 0. The average Bonchev–Trinajstić information content (AvgIpc) is 2.56. The highest BCUT2D eigenvalue weighted by Gasteiger charge is 2.45. The lowest BCUT2D eigenvalue weighted by Gasteiger charge is -2.29. The summed E-state index contributed by atoms with van der Waals surface area (Å²) in [5.74, 6) is 2.03. The smallest absolute Gasteiger partial charge is 0.0269 e. The lowest BCUT2D eigenvalue weighted by molar-refractivity contribution is 0.199. The third kappa shape index (κ3) is 1.02. The minimum absolute atomic E-state index is 0.819. The Morgan fingerprint density at radius 2 is 1.64 bits per heavy atom. The van der Waals surface area contributed by atoms with Gasteiger partial charge in [0.05, 0.1) is 0 Å². The van der Waals surface area contributed by atoms with Crippen molar-refractivity contribution >= 4 is 0 Å². The van der Waals surface area contributed by atoms with E-state index in [9.17, 15) is 0 Å². The fourth-order valence-corrected chi connectivity index (χ4v) is 3.38. The van der Waals surface area contributed by atoms with Crippen molar-refractivity contribution in [3.63, 3.8) is 0 Å². The fraction of sp³-hybridized carbons (Fsp3) is 1.00. The summed E-state index contributed by atoms with van der Waals surface area (Å²) in [4.78, 5) is 0. The molecule has 11 heavy (non-hydrogen) atoms. The number of hydrogen-bond donors (Lipinski definition) is 0. The summed E-state index contributed by atoms with van der Waals surface area (Å²) in [6, 6.07) is 0. The van der Waals surface area contributed by atoms with Gasteiger partial charge in [0.15, 0.2) is 0 Å². The zero-order valence-electron chi connectivity index (χ0n) is 7.90. The summed E-state index contributed by atoms with van der Waals surface area (Å²) in [5.41, 5.74) is 0.819. The highest BCUT2D eigenvalue weighted by Crippen LogP contribution is 2.56. The second kappa shape index (κ2) is 2.50. The maximum absolute atomic E-state index is 2.49. The maximum Gasteiger partial charge on any atom is -0.0269 e. The van der Waals surface area contributed by atoms with Crippen LogP contribution in [0.1, 0.15) is 52.4 Å². The van der Waals surface area contributed by atoms with Gasteiger partial charge in [0.25, 0.3) is 0 Å². The number of rotatable bonds is 0. The first-order chi connectivity index (χ1) is 5.25. The highest BCUT2D eigenvalue weighted by atomic mass is 14.5. The van der Waals surface area contributed by atoms with Gasteiger partial charge in [-0.2, -0.15) is 0 Å². The van der Waals surface area contributed by atoms with Crippen LogP contribution in [0.15, 0.2) is 0 Å². The molecule has 2 saturated carbocycles. The van der Waals surface area contributed by atoms with E-state index in [-0.39, 0.29) is 0 Å². The number of hydrogen-bond acceptors (Lipinski definition) is 0. The van der Waals surface area contributed by atoms with E-state index in [4.69, 9.17) is 0 Å². The molecule has 0 bridgehead atoms. The summed E-state index contributed by atoms with van der Waals surface area (Å²) >= 11 is 0. The standard InChI is InChI=1S/C11H20/c1-9-5-8-11(10(9)2)6-3-4-7-11/h9-10H,3-8H2,1-2H3/t9-,10-/m0/s1. The molecule has 0 aromatic heterocycles. The highest BCUT2D eigenvalue weighted by molar-refractivity contribution is 4.95. The third-order valence-corrected chi connectivity index (χ3v) is 4.52.